The fourth-order valence-corrected chi connectivity index (χ4v) is 1.29. The Bertz CT molecular complexity index is 537. The number of alkyl halides is 3. The highest BCUT2D eigenvalue weighted by atomic mass is 19.4. The Kier molecular flexibility index (Phi) is 2.79. The quantitative estimate of drug-likeness (QED) is 0.768. The number of hydrogen-bond acceptors (Lipinski definition) is 3. The molecule has 0 radical (unpaired) electrons. The molecule has 2 rings (SSSR count). The number of aromatic nitrogens is 3. The predicted octanol–water partition coefficient (Wildman–Crippen LogP) is 2.87. The number of hydrogen-bond donors (Lipinski definition) is 0. The molecule has 0 aromatic carbocycles. The van der Waals surface area contributed by atoms with Gasteiger partial charge in [-0.25, -0.2) is 15.0 Å². The maximum atomic E-state index is 12.5. The van der Waals surface area contributed by atoms with Gasteiger partial charge in [0.1, 0.15) is 11.4 Å². The van der Waals surface area contributed by atoms with Gasteiger partial charge in [-0.3, -0.25) is 0 Å². The zero-order valence-electron chi connectivity index (χ0n) is 8.86. The second-order valence-corrected chi connectivity index (χ2v) is 3.43. The first-order valence-electron chi connectivity index (χ1n) is 4.81. The molecule has 2 aromatic heterocycles. The van der Waals surface area contributed by atoms with Crippen LogP contribution in [-0.2, 0) is 6.18 Å². The number of aryl methyl sites for hydroxylation is 1. The summed E-state index contributed by atoms with van der Waals surface area (Å²) in [6, 6.07) is 5.32. The molecule has 0 fully saturated rings. The molecular weight excluding hydrogens is 231 g/mol. The Labute approximate surface area is 95.4 Å². The molecule has 0 aliphatic rings. The number of halogens is 3. The van der Waals surface area contributed by atoms with E-state index in [4.69, 9.17) is 0 Å². The predicted molar refractivity (Wildman–Crippen MR) is 55.0 cm³/mol. The summed E-state index contributed by atoms with van der Waals surface area (Å²) in [6.07, 6.45) is -2.97. The highest BCUT2D eigenvalue weighted by Crippen LogP contribution is 2.28. The Balaban J connectivity index is 2.47. The molecule has 3 nitrogen and oxygen atoms in total. The molecule has 0 spiro atoms. The van der Waals surface area contributed by atoms with Crippen molar-refractivity contribution < 1.29 is 13.2 Å². The van der Waals surface area contributed by atoms with Gasteiger partial charge in [-0.15, -0.1) is 0 Å². The minimum absolute atomic E-state index is 0.114. The third kappa shape index (κ3) is 2.58. The topological polar surface area (TPSA) is 38.7 Å². The van der Waals surface area contributed by atoms with E-state index in [1.165, 1.54) is 18.3 Å². The van der Waals surface area contributed by atoms with Crippen molar-refractivity contribution in [1.82, 2.24) is 15.0 Å². The van der Waals surface area contributed by atoms with Gasteiger partial charge in [-0.2, -0.15) is 13.2 Å². The van der Waals surface area contributed by atoms with E-state index in [1.807, 2.05) is 0 Å². The standard InChI is InChI=1S/C11H8F3N3/c1-7-5-6-15-10(16-7)8-3-2-4-9(17-8)11(12,13)14/h2-6H,1H3. The van der Waals surface area contributed by atoms with Gasteiger partial charge in [0, 0.05) is 11.9 Å². The SMILES string of the molecule is Cc1ccnc(-c2cccc(C(F)(F)F)n2)n1. The smallest absolute Gasteiger partial charge is 0.240 e. The molecule has 0 aliphatic heterocycles. The van der Waals surface area contributed by atoms with Gasteiger partial charge < -0.3 is 0 Å². The van der Waals surface area contributed by atoms with E-state index in [2.05, 4.69) is 15.0 Å². The molecule has 88 valence electrons. The molecule has 2 heterocycles. The van der Waals surface area contributed by atoms with Crippen molar-refractivity contribution in [2.45, 2.75) is 13.1 Å². The molecule has 0 N–H and O–H groups in total. The minimum atomic E-state index is -4.46. The van der Waals surface area contributed by atoms with Crippen LogP contribution in [0.15, 0.2) is 30.5 Å². The molecule has 0 saturated heterocycles. The molecule has 6 heteroatoms. The van der Waals surface area contributed by atoms with Gasteiger partial charge in [0.25, 0.3) is 0 Å². The number of pyridine rings is 1. The number of nitrogens with zero attached hydrogens (tertiary/aromatic N) is 3. The Hall–Kier alpha value is -1.98. The maximum Gasteiger partial charge on any atom is 0.433 e. The van der Waals surface area contributed by atoms with Gasteiger partial charge in [0.2, 0.25) is 0 Å². The van der Waals surface area contributed by atoms with Gasteiger partial charge in [-0.05, 0) is 25.1 Å². The van der Waals surface area contributed by atoms with E-state index < -0.39 is 11.9 Å². The lowest BCUT2D eigenvalue weighted by Gasteiger charge is -2.06. The molecule has 2 aromatic rings. The molecule has 17 heavy (non-hydrogen) atoms. The molecule has 0 aliphatic carbocycles. The molecule has 0 unspecified atom stereocenters. The van der Waals surface area contributed by atoms with Crippen molar-refractivity contribution >= 4 is 0 Å². The lowest BCUT2D eigenvalue weighted by molar-refractivity contribution is -0.141. The molecule has 0 saturated carbocycles. The Morgan fingerprint density at radius 2 is 1.82 bits per heavy atom. The third-order valence-corrected chi connectivity index (χ3v) is 2.06. The normalized spacial score (nSPS) is 11.5. The van der Waals surface area contributed by atoms with Gasteiger partial charge >= 0.3 is 6.18 Å². The molecular formula is C11H8F3N3. The second-order valence-electron chi connectivity index (χ2n) is 3.43. The van der Waals surface area contributed by atoms with E-state index in [0.717, 1.165) is 6.07 Å². The van der Waals surface area contributed by atoms with Gasteiger partial charge in [0.05, 0.1) is 0 Å². The van der Waals surface area contributed by atoms with Crippen LogP contribution in [0.1, 0.15) is 11.4 Å². The van der Waals surface area contributed by atoms with Crippen molar-refractivity contribution in [2.75, 3.05) is 0 Å². The number of rotatable bonds is 1. The zero-order valence-corrected chi connectivity index (χ0v) is 8.86. The van der Waals surface area contributed by atoms with Crippen LogP contribution in [0.2, 0.25) is 0 Å². The van der Waals surface area contributed by atoms with Crippen molar-refractivity contribution in [3.8, 4) is 11.5 Å². The Morgan fingerprint density at radius 1 is 1.06 bits per heavy atom. The van der Waals surface area contributed by atoms with Crippen LogP contribution in [-0.4, -0.2) is 15.0 Å². The van der Waals surface area contributed by atoms with Crippen LogP contribution in [0.5, 0.6) is 0 Å². The summed E-state index contributed by atoms with van der Waals surface area (Å²) in [5, 5.41) is 0. The summed E-state index contributed by atoms with van der Waals surface area (Å²) < 4.78 is 37.4. The van der Waals surface area contributed by atoms with Gasteiger partial charge in [-0.1, -0.05) is 6.07 Å². The summed E-state index contributed by atoms with van der Waals surface area (Å²) in [5.74, 6) is 0.191. The molecule has 0 atom stereocenters. The van der Waals surface area contributed by atoms with Crippen LogP contribution in [0.3, 0.4) is 0 Å². The van der Waals surface area contributed by atoms with Crippen LogP contribution in [0.25, 0.3) is 11.5 Å². The zero-order chi connectivity index (χ0) is 12.5. The highest BCUT2D eigenvalue weighted by molar-refractivity contribution is 5.49. The summed E-state index contributed by atoms with van der Waals surface area (Å²) in [7, 11) is 0. The van der Waals surface area contributed by atoms with Crippen molar-refractivity contribution in [3.63, 3.8) is 0 Å². The minimum Gasteiger partial charge on any atom is -0.240 e. The highest BCUT2D eigenvalue weighted by Gasteiger charge is 2.32. The average Bonchev–Trinajstić information content (AvgIpc) is 2.28. The third-order valence-electron chi connectivity index (χ3n) is 2.06. The van der Waals surface area contributed by atoms with Gasteiger partial charge in [0.15, 0.2) is 5.82 Å². The summed E-state index contributed by atoms with van der Waals surface area (Å²) in [4.78, 5) is 11.4. The fourth-order valence-electron chi connectivity index (χ4n) is 1.29. The molecule has 0 bridgehead atoms. The summed E-state index contributed by atoms with van der Waals surface area (Å²) >= 11 is 0. The monoisotopic (exact) mass is 239 g/mol. The van der Waals surface area contributed by atoms with Crippen molar-refractivity contribution in [1.29, 1.82) is 0 Å². The van der Waals surface area contributed by atoms with E-state index in [1.54, 1.807) is 13.0 Å². The first-order valence-corrected chi connectivity index (χ1v) is 4.81. The largest absolute Gasteiger partial charge is 0.433 e. The van der Waals surface area contributed by atoms with Crippen LogP contribution in [0.4, 0.5) is 13.2 Å². The average molecular weight is 239 g/mol. The van der Waals surface area contributed by atoms with E-state index in [-0.39, 0.29) is 11.5 Å². The van der Waals surface area contributed by atoms with Crippen LogP contribution >= 0.6 is 0 Å². The van der Waals surface area contributed by atoms with Crippen molar-refractivity contribution in [3.05, 3.63) is 41.9 Å². The van der Waals surface area contributed by atoms with E-state index in [9.17, 15) is 13.2 Å². The van der Waals surface area contributed by atoms with Crippen molar-refractivity contribution in [2.24, 2.45) is 0 Å². The lowest BCUT2D eigenvalue weighted by Crippen LogP contribution is -2.08. The first kappa shape index (κ1) is 11.5. The summed E-state index contributed by atoms with van der Waals surface area (Å²) in [6.45, 7) is 1.73. The van der Waals surface area contributed by atoms with E-state index in [0.29, 0.717) is 5.69 Å². The Morgan fingerprint density at radius 3 is 2.47 bits per heavy atom. The summed E-state index contributed by atoms with van der Waals surface area (Å²) in [5.41, 5.74) is -0.155. The second kappa shape index (κ2) is 4.12. The van der Waals surface area contributed by atoms with Crippen LogP contribution < -0.4 is 0 Å². The molecule has 0 amide bonds. The van der Waals surface area contributed by atoms with Crippen LogP contribution in [0, 0.1) is 6.92 Å². The fraction of sp³-hybridized carbons (Fsp3) is 0.182. The van der Waals surface area contributed by atoms with E-state index >= 15 is 0 Å². The maximum absolute atomic E-state index is 12.5. The lowest BCUT2D eigenvalue weighted by atomic mass is 10.2. The first-order chi connectivity index (χ1) is 7.97.